The van der Waals surface area contributed by atoms with Crippen molar-refractivity contribution in [3.63, 3.8) is 0 Å². The molecule has 0 spiro atoms. The van der Waals surface area contributed by atoms with Gasteiger partial charge in [0.15, 0.2) is 5.78 Å². The lowest BCUT2D eigenvalue weighted by Crippen LogP contribution is -2.41. The fourth-order valence-electron chi connectivity index (χ4n) is 2.98. The molecule has 18 heavy (non-hydrogen) atoms. The molecule has 2 aliphatic heterocycles. The second kappa shape index (κ2) is 5.21. The number of Topliss-reactive ketones (excluding diaryl/α,β-unsaturated/α-hetero) is 1. The minimum absolute atomic E-state index is 0.113. The number of carbonyl (C=O) groups excluding carboxylic acids is 1. The molecule has 0 bridgehead atoms. The van der Waals surface area contributed by atoms with E-state index in [-0.39, 0.29) is 6.04 Å². The molecular weight excluding hydrogens is 224 g/mol. The average molecular weight is 244 g/mol. The van der Waals surface area contributed by atoms with Crippen LogP contribution in [0.25, 0.3) is 0 Å². The van der Waals surface area contributed by atoms with Gasteiger partial charge in [0.2, 0.25) is 0 Å². The van der Waals surface area contributed by atoms with Gasteiger partial charge in [0.25, 0.3) is 0 Å². The van der Waals surface area contributed by atoms with Crippen molar-refractivity contribution in [1.82, 2.24) is 10.2 Å². The summed E-state index contributed by atoms with van der Waals surface area (Å²) in [6.45, 7) is 3.54. The second-order valence-electron chi connectivity index (χ2n) is 5.34. The molecule has 3 nitrogen and oxygen atoms in total. The molecule has 1 aromatic carbocycles. The maximum Gasteiger partial charge on any atom is 0.163 e. The van der Waals surface area contributed by atoms with Crippen LogP contribution >= 0.6 is 0 Å². The summed E-state index contributed by atoms with van der Waals surface area (Å²) in [6, 6.07) is 8.68. The molecule has 3 heteroatoms. The van der Waals surface area contributed by atoms with E-state index >= 15 is 0 Å². The van der Waals surface area contributed by atoms with E-state index < -0.39 is 0 Å². The monoisotopic (exact) mass is 244 g/mol. The summed E-state index contributed by atoms with van der Waals surface area (Å²) in [7, 11) is 0. The van der Waals surface area contributed by atoms with E-state index in [4.69, 9.17) is 0 Å². The highest BCUT2D eigenvalue weighted by Gasteiger charge is 2.25. The lowest BCUT2D eigenvalue weighted by atomic mass is 9.99. The number of rotatable bonds is 3. The fourth-order valence-corrected chi connectivity index (χ4v) is 2.98. The van der Waals surface area contributed by atoms with Crippen molar-refractivity contribution in [3.05, 3.63) is 35.4 Å². The van der Waals surface area contributed by atoms with Gasteiger partial charge >= 0.3 is 0 Å². The van der Waals surface area contributed by atoms with E-state index in [0.29, 0.717) is 12.3 Å². The SMILES string of the molecule is O=C(CN1CCc2ccccc2C1)C1CCCN1. The van der Waals surface area contributed by atoms with Gasteiger partial charge < -0.3 is 5.32 Å². The van der Waals surface area contributed by atoms with Crippen molar-refractivity contribution >= 4 is 5.78 Å². The maximum atomic E-state index is 12.1. The number of hydrogen-bond donors (Lipinski definition) is 1. The van der Waals surface area contributed by atoms with Crippen LogP contribution < -0.4 is 5.32 Å². The minimum atomic E-state index is 0.113. The second-order valence-corrected chi connectivity index (χ2v) is 5.34. The van der Waals surface area contributed by atoms with Gasteiger partial charge in [-0.15, -0.1) is 0 Å². The number of carbonyl (C=O) groups is 1. The van der Waals surface area contributed by atoms with Gasteiger partial charge in [-0.05, 0) is 36.9 Å². The highest BCUT2D eigenvalue weighted by molar-refractivity contribution is 5.86. The molecule has 3 rings (SSSR count). The van der Waals surface area contributed by atoms with E-state index in [1.807, 2.05) is 0 Å². The molecule has 0 aliphatic carbocycles. The third-order valence-electron chi connectivity index (χ3n) is 4.04. The van der Waals surface area contributed by atoms with Crippen molar-refractivity contribution in [2.75, 3.05) is 19.6 Å². The van der Waals surface area contributed by atoms with Crippen LogP contribution in [0.5, 0.6) is 0 Å². The first-order chi connectivity index (χ1) is 8.83. The van der Waals surface area contributed by atoms with Gasteiger partial charge in [-0.3, -0.25) is 9.69 Å². The van der Waals surface area contributed by atoms with E-state index in [1.165, 1.54) is 11.1 Å². The summed E-state index contributed by atoms with van der Waals surface area (Å²) in [5, 5.41) is 3.29. The van der Waals surface area contributed by atoms with E-state index in [1.54, 1.807) is 0 Å². The zero-order chi connectivity index (χ0) is 12.4. The smallest absolute Gasteiger partial charge is 0.163 e. The molecule has 0 amide bonds. The zero-order valence-corrected chi connectivity index (χ0v) is 10.7. The summed E-state index contributed by atoms with van der Waals surface area (Å²) in [5.74, 6) is 0.367. The van der Waals surface area contributed by atoms with Gasteiger partial charge in [-0.2, -0.15) is 0 Å². The molecule has 0 saturated carbocycles. The minimum Gasteiger partial charge on any atom is -0.307 e. The number of fused-ring (bicyclic) bond motifs is 1. The number of benzene rings is 1. The Kier molecular flexibility index (Phi) is 3.43. The average Bonchev–Trinajstić information content (AvgIpc) is 2.92. The van der Waals surface area contributed by atoms with Gasteiger partial charge in [-0.1, -0.05) is 24.3 Å². The standard InChI is InChI=1S/C15H20N2O/c18-15(14-6-3-8-16-14)11-17-9-7-12-4-1-2-5-13(12)10-17/h1-2,4-5,14,16H,3,6-11H2. The summed E-state index contributed by atoms with van der Waals surface area (Å²) >= 11 is 0. The Hall–Kier alpha value is -1.19. The van der Waals surface area contributed by atoms with Crippen LogP contribution in [0.4, 0.5) is 0 Å². The summed E-state index contributed by atoms with van der Waals surface area (Å²) in [6.07, 6.45) is 3.23. The molecule has 1 fully saturated rings. The molecule has 0 aromatic heterocycles. The van der Waals surface area contributed by atoms with Crippen molar-refractivity contribution in [2.45, 2.75) is 31.8 Å². The van der Waals surface area contributed by atoms with Crippen LogP contribution in [-0.4, -0.2) is 36.4 Å². The lowest BCUT2D eigenvalue weighted by molar-refractivity contribution is -0.122. The number of nitrogens with one attached hydrogen (secondary N) is 1. The topological polar surface area (TPSA) is 32.3 Å². The van der Waals surface area contributed by atoms with Gasteiger partial charge in [-0.25, -0.2) is 0 Å². The molecule has 1 unspecified atom stereocenters. The third-order valence-corrected chi connectivity index (χ3v) is 4.04. The van der Waals surface area contributed by atoms with Gasteiger partial charge in [0.05, 0.1) is 12.6 Å². The molecule has 2 aliphatic rings. The number of nitrogens with zero attached hydrogens (tertiary/aromatic N) is 1. The molecule has 1 saturated heterocycles. The highest BCUT2D eigenvalue weighted by atomic mass is 16.1. The predicted molar refractivity (Wildman–Crippen MR) is 71.5 cm³/mol. The van der Waals surface area contributed by atoms with Crippen molar-refractivity contribution in [2.24, 2.45) is 0 Å². The van der Waals surface area contributed by atoms with E-state index in [9.17, 15) is 4.79 Å². The first kappa shape index (κ1) is 11.9. The Morgan fingerprint density at radius 2 is 2.17 bits per heavy atom. The van der Waals surface area contributed by atoms with Crippen LogP contribution in [0.15, 0.2) is 24.3 Å². The molecule has 1 atom stereocenters. The lowest BCUT2D eigenvalue weighted by Gasteiger charge is -2.28. The quantitative estimate of drug-likeness (QED) is 0.871. The number of ketones is 1. The zero-order valence-electron chi connectivity index (χ0n) is 10.7. The Bertz CT molecular complexity index is 438. The number of hydrogen-bond acceptors (Lipinski definition) is 3. The van der Waals surface area contributed by atoms with Crippen LogP contribution in [0, 0.1) is 0 Å². The van der Waals surface area contributed by atoms with Gasteiger partial charge in [0.1, 0.15) is 0 Å². The molecule has 96 valence electrons. The summed E-state index contributed by atoms with van der Waals surface area (Å²) < 4.78 is 0. The first-order valence-electron chi connectivity index (χ1n) is 6.88. The first-order valence-corrected chi connectivity index (χ1v) is 6.88. The maximum absolute atomic E-state index is 12.1. The Balaban J connectivity index is 1.60. The molecule has 1 N–H and O–H groups in total. The summed E-state index contributed by atoms with van der Waals surface area (Å²) in [4.78, 5) is 14.4. The van der Waals surface area contributed by atoms with Crippen LogP contribution in [0.1, 0.15) is 24.0 Å². The fraction of sp³-hybridized carbons (Fsp3) is 0.533. The van der Waals surface area contributed by atoms with E-state index in [0.717, 1.165) is 38.9 Å². The molecule has 2 heterocycles. The summed E-state index contributed by atoms with van der Waals surface area (Å²) in [5.41, 5.74) is 2.83. The van der Waals surface area contributed by atoms with Crippen molar-refractivity contribution in [3.8, 4) is 0 Å². The molecule has 1 aromatic rings. The van der Waals surface area contributed by atoms with Crippen molar-refractivity contribution < 1.29 is 4.79 Å². The van der Waals surface area contributed by atoms with Crippen LogP contribution in [-0.2, 0) is 17.8 Å². The normalized spacial score (nSPS) is 23.9. The van der Waals surface area contributed by atoms with Crippen LogP contribution in [0.2, 0.25) is 0 Å². The predicted octanol–water partition coefficient (Wildman–Crippen LogP) is 1.37. The van der Waals surface area contributed by atoms with E-state index in [2.05, 4.69) is 34.5 Å². The Labute approximate surface area is 108 Å². The highest BCUT2D eigenvalue weighted by Crippen LogP contribution is 2.18. The van der Waals surface area contributed by atoms with Crippen LogP contribution in [0.3, 0.4) is 0 Å². The molecule has 0 radical (unpaired) electrons. The third kappa shape index (κ3) is 2.47. The largest absolute Gasteiger partial charge is 0.307 e. The van der Waals surface area contributed by atoms with Gasteiger partial charge in [0, 0.05) is 13.1 Å². The molecular formula is C15H20N2O. The van der Waals surface area contributed by atoms with Crippen molar-refractivity contribution in [1.29, 1.82) is 0 Å². The Morgan fingerprint density at radius 1 is 1.33 bits per heavy atom. The Morgan fingerprint density at radius 3 is 2.94 bits per heavy atom.